The highest BCUT2D eigenvalue weighted by atomic mass is 32.2. The molecule has 124 valence electrons. The number of hydrogen-bond acceptors (Lipinski definition) is 5. The van der Waals surface area contributed by atoms with Gasteiger partial charge in [0.25, 0.3) is 5.91 Å². The molecule has 0 unspecified atom stereocenters. The molecule has 2 aromatic heterocycles. The average Bonchev–Trinajstić information content (AvgIpc) is 3.22. The third kappa shape index (κ3) is 3.87. The summed E-state index contributed by atoms with van der Waals surface area (Å²) in [5.74, 6) is 1.23. The number of furan rings is 1. The lowest BCUT2D eigenvalue weighted by Gasteiger charge is -2.04. The average molecular weight is 343 g/mol. The number of hydrogen-bond donors (Lipinski definition) is 2. The van der Waals surface area contributed by atoms with Crippen LogP contribution < -0.4 is 5.32 Å². The number of carbonyl (C=O) groups is 1. The van der Waals surface area contributed by atoms with Crippen LogP contribution in [0.5, 0.6) is 0 Å². The van der Waals surface area contributed by atoms with Crippen molar-refractivity contribution in [2.45, 2.75) is 17.5 Å². The molecule has 0 bridgehead atoms. The number of aromatic nitrogens is 2. The van der Waals surface area contributed by atoms with E-state index in [9.17, 15) is 4.79 Å². The van der Waals surface area contributed by atoms with Crippen LogP contribution in [0, 0.1) is 0 Å². The molecule has 1 aromatic carbocycles. The normalized spacial score (nSPS) is 10.8. The standard InChI is InChI=1S/C17H17N3O3S/c1-20-8-7-18-17(20)24-11-14-5-6-15(23-14)16(22)19-13-4-2-3-12(9-13)10-21/h2-9,21H,10-11H2,1H3,(H,19,22). The van der Waals surface area contributed by atoms with Gasteiger partial charge in [0.1, 0.15) is 5.76 Å². The van der Waals surface area contributed by atoms with Crippen LogP contribution in [0.4, 0.5) is 5.69 Å². The Hall–Kier alpha value is -2.51. The maximum absolute atomic E-state index is 12.2. The lowest BCUT2D eigenvalue weighted by atomic mass is 10.2. The lowest BCUT2D eigenvalue weighted by molar-refractivity contribution is 0.0995. The maximum Gasteiger partial charge on any atom is 0.291 e. The Morgan fingerprint density at radius 1 is 1.38 bits per heavy atom. The van der Waals surface area contributed by atoms with E-state index in [0.29, 0.717) is 17.2 Å². The second-order valence-electron chi connectivity index (χ2n) is 5.19. The molecule has 0 aliphatic heterocycles. The summed E-state index contributed by atoms with van der Waals surface area (Å²) in [4.78, 5) is 16.5. The number of rotatable bonds is 6. The molecule has 6 nitrogen and oxygen atoms in total. The molecule has 0 radical (unpaired) electrons. The molecule has 0 saturated carbocycles. The SMILES string of the molecule is Cn1ccnc1SCc1ccc(C(=O)Nc2cccc(CO)c2)o1. The van der Waals surface area contributed by atoms with Gasteiger partial charge in [-0.15, -0.1) is 0 Å². The number of aliphatic hydroxyl groups excluding tert-OH is 1. The van der Waals surface area contributed by atoms with Crippen molar-refractivity contribution >= 4 is 23.4 Å². The monoisotopic (exact) mass is 343 g/mol. The summed E-state index contributed by atoms with van der Waals surface area (Å²) < 4.78 is 7.52. The van der Waals surface area contributed by atoms with E-state index < -0.39 is 0 Å². The molecule has 0 atom stereocenters. The minimum absolute atomic E-state index is 0.0704. The fourth-order valence-corrected chi connectivity index (χ4v) is 2.97. The van der Waals surface area contributed by atoms with Crippen LogP contribution in [0.15, 0.2) is 58.4 Å². The van der Waals surface area contributed by atoms with Crippen molar-refractivity contribution in [3.8, 4) is 0 Å². The number of aliphatic hydroxyl groups is 1. The van der Waals surface area contributed by atoms with Gasteiger partial charge < -0.3 is 19.4 Å². The number of anilines is 1. The summed E-state index contributed by atoms with van der Waals surface area (Å²) >= 11 is 1.54. The van der Waals surface area contributed by atoms with Crippen LogP contribution in [-0.4, -0.2) is 20.6 Å². The summed E-state index contributed by atoms with van der Waals surface area (Å²) in [7, 11) is 1.93. The number of amides is 1. The minimum Gasteiger partial charge on any atom is -0.455 e. The van der Waals surface area contributed by atoms with E-state index in [2.05, 4.69) is 10.3 Å². The quantitative estimate of drug-likeness (QED) is 0.673. The van der Waals surface area contributed by atoms with Crippen molar-refractivity contribution in [2.75, 3.05) is 5.32 Å². The summed E-state index contributed by atoms with van der Waals surface area (Å²) in [5.41, 5.74) is 1.35. The van der Waals surface area contributed by atoms with E-state index in [4.69, 9.17) is 9.52 Å². The number of aryl methyl sites for hydroxylation is 1. The van der Waals surface area contributed by atoms with Gasteiger partial charge in [-0.3, -0.25) is 4.79 Å². The predicted molar refractivity (Wildman–Crippen MR) is 91.8 cm³/mol. The molecule has 3 aromatic rings. The van der Waals surface area contributed by atoms with Crippen LogP contribution in [0.25, 0.3) is 0 Å². The van der Waals surface area contributed by atoms with Crippen molar-refractivity contribution < 1.29 is 14.3 Å². The van der Waals surface area contributed by atoms with Crippen LogP contribution >= 0.6 is 11.8 Å². The topological polar surface area (TPSA) is 80.3 Å². The number of benzene rings is 1. The molecule has 2 N–H and O–H groups in total. The van der Waals surface area contributed by atoms with Crippen molar-refractivity contribution in [2.24, 2.45) is 7.05 Å². The molecule has 0 aliphatic carbocycles. The molecule has 7 heteroatoms. The number of imidazole rings is 1. The smallest absolute Gasteiger partial charge is 0.291 e. The van der Waals surface area contributed by atoms with E-state index >= 15 is 0 Å². The molecule has 0 saturated heterocycles. The van der Waals surface area contributed by atoms with Gasteiger partial charge in [0, 0.05) is 25.1 Å². The van der Waals surface area contributed by atoms with Crippen molar-refractivity contribution in [3.05, 3.63) is 65.9 Å². The van der Waals surface area contributed by atoms with Crippen LogP contribution in [-0.2, 0) is 19.4 Å². The first-order valence-corrected chi connectivity index (χ1v) is 8.34. The Kier molecular flexibility index (Phi) is 5.02. The molecule has 0 spiro atoms. The summed E-state index contributed by atoms with van der Waals surface area (Å²) in [6, 6.07) is 10.5. The second-order valence-corrected chi connectivity index (χ2v) is 6.13. The molecule has 1 amide bonds. The first kappa shape index (κ1) is 16.4. The van der Waals surface area contributed by atoms with Gasteiger partial charge in [0.15, 0.2) is 10.9 Å². The Balaban J connectivity index is 1.62. The zero-order chi connectivity index (χ0) is 16.9. The first-order chi connectivity index (χ1) is 11.7. The Labute approximate surface area is 143 Å². The molecular formula is C17H17N3O3S. The van der Waals surface area contributed by atoms with Gasteiger partial charge in [0.05, 0.1) is 12.4 Å². The number of carbonyl (C=O) groups excluding carboxylic acids is 1. The summed E-state index contributed by atoms with van der Waals surface area (Å²) in [5, 5.41) is 12.8. The van der Waals surface area contributed by atoms with Crippen LogP contribution in [0.1, 0.15) is 21.9 Å². The van der Waals surface area contributed by atoms with Gasteiger partial charge in [-0.05, 0) is 29.8 Å². The number of nitrogens with one attached hydrogen (secondary N) is 1. The summed E-state index contributed by atoms with van der Waals surface area (Å²) in [6.45, 7) is -0.0704. The highest BCUT2D eigenvalue weighted by Gasteiger charge is 2.12. The number of thioether (sulfide) groups is 1. The number of nitrogens with zero attached hydrogens (tertiary/aromatic N) is 2. The second kappa shape index (κ2) is 7.37. The van der Waals surface area contributed by atoms with Crippen molar-refractivity contribution in [1.29, 1.82) is 0 Å². The Bertz CT molecular complexity index is 841. The highest BCUT2D eigenvalue weighted by molar-refractivity contribution is 7.98. The fourth-order valence-electron chi connectivity index (χ4n) is 2.14. The van der Waals surface area contributed by atoms with E-state index in [1.54, 1.807) is 42.6 Å². The first-order valence-electron chi connectivity index (χ1n) is 7.35. The molecule has 3 rings (SSSR count). The predicted octanol–water partition coefficient (Wildman–Crippen LogP) is 3.05. The molecule has 0 fully saturated rings. The van der Waals surface area contributed by atoms with Gasteiger partial charge in [-0.2, -0.15) is 0 Å². The molecule has 24 heavy (non-hydrogen) atoms. The zero-order valence-corrected chi connectivity index (χ0v) is 13.9. The van der Waals surface area contributed by atoms with E-state index in [1.807, 2.05) is 17.8 Å². The largest absolute Gasteiger partial charge is 0.455 e. The van der Waals surface area contributed by atoms with Crippen molar-refractivity contribution in [3.63, 3.8) is 0 Å². The van der Waals surface area contributed by atoms with Crippen molar-refractivity contribution in [1.82, 2.24) is 9.55 Å². The minimum atomic E-state index is -0.321. The van der Waals surface area contributed by atoms with E-state index in [0.717, 1.165) is 10.7 Å². The Morgan fingerprint density at radius 3 is 3.00 bits per heavy atom. The fraction of sp³-hybridized carbons (Fsp3) is 0.176. The third-order valence-corrected chi connectivity index (χ3v) is 4.45. The van der Waals surface area contributed by atoms with Gasteiger partial charge in [-0.25, -0.2) is 4.98 Å². The molecule has 2 heterocycles. The van der Waals surface area contributed by atoms with Gasteiger partial charge in [-0.1, -0.05) is 23.9 Å². The Morgan fingerprint density at radius 2 is 2.25 bits per heavy atom. The van der Waals surface area contributed by atoms with E-state index in [-0.39, 0.29) is 18.3 Å². The van der Waals surface area contributed by atoms with E-state index in [1.165, 1.54) is 11.8 Å². The molecular weight excluding hydrogens is 326 g/mol. The lowest BCUT2D eigenvalue weighted by Crippen LogP contribution is -2.11. The molecule has 0 aliphatic rings. The zero-order valence-electron chi connectivity index (χ0n) is 13.1. The van der Waals surface area contributed by atoms with Gasteiger partial charge in [0.2, 0.25) is 0 Å². The third-order valence-electron chi connectivity index (χ3n) is 3.37. The maximum atomic E-state index is 12.2. The van der Waals surface area contributed by atoms with Crippen LogP contribution in [0.3, 0.4) is 0 Å². The van der Waals surface area contributed by atoms with Crippen LogP contribution in [0.2, 0.25) is 0 Å². The van der Waals surface area contributed by atoms with Gasteiger partial charge >= 0.3 is 0 Å². The summed E-state index contributed by atoms with van der Waals surface area (Å²) in [6.07, 6.45) is 3.62. The highest BCUT2D eigenvalue weighted by Crippen LogP contribution is 2.22.